The van der Waals surface area contributed by atoms with Gasteiger partial charge in [-0.1, -0.05) is 42.1 Å². The summed E-state index contributed by atoms with van der Waals surface area (Å²) in [6, 6.07) is 19.1. The smallest absolute Gasteiger partial charge is 0.270 e. The van der Waals surface area contributed by atoms with Gasteiger partial charge in [-0.25, -0.2) is 4.39 Å². The number of piperidine rings is 1. The first-order chi connectivity index (χ1) is 16.4. The monoisotopic (exact) mass is 479 g/mol. The summed E-state index contributed by atoms with van der Waals surface area (Å²) in [5, 5.41) is 14.3. The minimum atomic E-state index is -0.556. The Morgan fingerprint density at radius 2 is 1.65 bits per heavy atom. The van der Waals surface area contributed by atoms with Crippen LogP contribution < -0.4 is 5.32 Å². The van der Waals surface area contributed by atoms with Gasteiger partial charge < -0.3 is 10.2 Å². The fraction of sp³-hybridized carbons (Fsp3) is 0.200. The molecule has 1 heterocycles. The second-order valence-electron chi connectivity index (χ2n) is 7.88. The molecule has 0 aromatic heterocycles. The number of amides is 2. The zero-order valence-electron chi connectivity index (χ0n) is 18.1. The van der Waals surface area contributed by atoms with Gasteiger partial charge in [0.15, 0.2) is 0 Å². The topological polar surface area (TPSA) is 92.6 Å². The largest absolute Gasteiger partial charge is 0.349 e. The van der Waals surface area contributed by atoms with Crippen LogP contribution in [0.25, 0.3) is 0 Å². The quantitative estimate of drug-likeness (QED) is 0.400. The third kappa shape index (κ3) is 5.43. The van der Waals surface area contributed by atoms with Crippen molar-refractivity contribution in [3.8, 4) is 0 Å². The number of rotatable bonds is 6. The predicted molar refractivity (Wildman–Crippen MR) is 126 cm³/mol. The van der Waals surface area contributed by atoms with Gasteiger partial charge in [0, 0.05) is 46.6 Å². The highest BCUT2D eigenvalue weighted by atomic mass is 32.2. The number of benzene rings is 3. The SMILES string of the molecule is O=C(NC1CCN(C(=O)c2cc([N+](=O)[O-])ccc2Sc2ccccc2F)CC1)c1ccccc1. The Morgan fingerprint density at radius 1 is 0.971 bits per heavy atom. The molecule has 9 heteroatoms. The molecule has 174 valence electrons. The average Bonchev–Trinajstić information content (AvgIpc) is 2.86. The van der Waals surface area contributed by atoms with Gasteiger partial charge >= 0.3 is 0 Å². The van der Waals surface area contributed by atoms with E-state index in [2.05, 4.69) is 5.32 Å². The Labute approximate surface area is 200 Å². The van der Waals surface area contributed by atoms with Gasteiger partial charge in [0.05, 0.1) is 10.5 Å². The summed E-state index contributed by atoms with van der Waals surface area (Å²) < 4.78 is 14.2. The number of carbonyl (C=O) groups excluding carboxylic acids is 2. The summed E-state index contributed by atoms with van der Waals surface area (Å²) in [5.41, 5.74) is 0.535. The molecule has 1 aliphatic heterocycles. The number of hydrogen-bond acceptors (Lipinski definition) is 5. The Bertz CT molecular complexity index is 1210. The molecule has 2 amide bonds. The van der Waals surface area contributed by atoms with Crippen LogP contribution >= 0.6 is 11.8 Å². The Kier molecular flexibility index (Phi) is 7.22. The highest BCUT2D eigenvalue weighted by molar-refractivity contribution is 7.99. The molecule has 7 nitrogen and oxygen atoms in total. The molecule has 1 fully saturated rings. The standard InChI is InChI=1S/C25H22FN3O4S/c26-21-8-4-5-9-23(21)34-22-11-10-19(29(32)33)16-20(22)25(31)28-14-12-18(13-15-28)27-24(30)17-6-2-1-3-7-17/h1-11,16,18H,12-15H2,(H,27,30). The van der Waals surface area contributed by atoms with E-state index in [1.807, 2.05) is 6.07 Å². The van der Waals surface area contributed by atoms with Crippen molar-refractivity contribution >= 4 is 29.3 Å². The summed E-state index contributed by atoms with van der Waals surface area (Å²) in [5.74, 6) is -0.942. The number of nitro benzene ring substituents is 1. The molecule has 4 rings (SSSR count). The molecular weight excluding hydrogens is 457 g/mol. The molecule has 3 aromatic rings. The van der Waals surface area contributed by atoms with Gasteiger partial charge in [0.1, 0.15) is 5.82 Å². The minimum absolute atomic E-state index is 0.0749. The fourth-order valence-electron chi connectivity index (χ4n) is 3.79. The second kappa shape index (κ2) is 10.5. The van der Waals surface area contributed by atoms with Crippen LogP contribution in [0.1, 0.15) is 33.6 Å². The Hall–Kier alpha value is -3.72. The third-order valence-corrected chi connectivity index (χ3v) is 6.74. The molecule has 0 bridgehead atoms. The molecule has 0 atom stereocenters. The fourth-order valence-corrected chi connectivity index (χ4v) is 4.73. The highest BCUT2D eigenvalue weighted by Crippen LogP contribution is 2.35. The van der Waals surface area contributed by atoms with Gasteiger partial charge in [-0.3, -0.25) is 19.7 Å². The average molecular weight is 480 g/mol. The van der Waals surface area contributed by atoms with E-state index in [9.17, 15) is 24.1 Å². The van der Waals surface area contributed by atoms with Crippen molar-refractivity contribution in [2.45, 2.75) is 28.7 Å². The minimum Gasteiger partial charge on any atom is -0.349 e. The zero-order valence-corrected chi connectivity index (χ0v) is 19.0. The summed E-state index contributed by atoms with van der Waals surface area (Å²) in [7, 11) is 0. The maximum absolute atomic E-state index is 14.2. The number of likely N-dealkylation sites (tertiary alicyclic amines) is 1. The van der Waals surface area contributed by atoms with Gasteiger partial charge in [-0.05, 0) is 43.2 Å². The normalized spacial score (nSPS) is 14.0. The number of halogens is 1. The van der Waals surface area contributed by atoms with Crippen LogP contribution in [0.2, 0.25) is 0 Å². The summed E-state index contributed by atoms with van der Waals surface area (Å²) >= 11 is 1.06. The van der Waals surface area contributed by atoms with Crippen LogP contribution in [0.4, 0.5) is 10.1 Å². The van der Waals surface area contributed by atoms with Crippen molar-refractivity contribution in [2.24, 2.45) is 0 Å². The molecule has 0 aliphatic carbocycles. The molecule has 1 aliphatic rings. The van der Waals surface area contributed by atoms with E-state index >= 15 is 0 Å². The van der Waals surface area contributed by atoms with Crippen molar-refractivity contribution in [1.29, 1.82) is 0 Å². The highest BCUT2D eigenvalue weighted by Gasteiger charge is 2.28. The van der Waals surface area contributed by atoms with Crippen molar-refractivity contribution < 1.29 is 18.9 Å². The number of nitrogens with one attached hydrogen (secondary N) is 1. The van der Waals surface area contributed by atoms with Crippen LogP contribution in [0, 0.1) is 15.9 Å². The molecular formula is C25H22FN3O4S. The maximum Gasteiger partial charge on any atom is 0.270 e. The molecule has 34 heavy (non-hydrogen) atoms. The van der Waals surface area contributed by atoms with Crippen LogP contribution in [-0.2, 0) is 0 Å². The molecule has 0 spiro atoms. The predicted octanol–water partition coefficient (Wildman–Crippen LogP) is 4.92. The summed E-state index contributed by atoms with van der Waals surface area (Å²) in [6.45, 7) is 0.788. The second-order valence-corrected chi connectivity index (χ2v) is 8.96. The van der Waals surface area contributed by atoms with Crippen LogP contribution in [0.3, 0.4) is 0 Å². The first kappa shape index (κ1) is 23.4. The van der Waals surface area contributed by atoms with Crippen molar-refractivity contribution in [2.75, 3.05) is 13.1 Å². The van der Waals surface area contributed by atoms with Gasteiger partial charge in [-0.2, -0.15) is 0 Å². The van der Waals surface area contributed by atoms with Crippen LogP contribution in [0.15, 0.2) is 82.6 Å². The Morgan fingerprint density at radius 3 is 2.32 bits per heavy atom. The lowest BCUT2D eigenvalue weighted by Crippen LogP contribution is -2.46. The molecule has 0 radical (unpaired) electrons. The van der Waals surface area contributed by atoms with E-state index in [1.165, 1.54) is 24.3 Å². The zero-order chi connectivity index (χ0) is 24.1. The lowest BCUT2D eigenvalue weighted by molar-refractivity contribution is -0.384. The molecule has 1 saturated heterocycles. The first-order valence-electron chi connectivity index (χ1n) is 10.8. The number of nitro groups is 1. The van der Waals surface area contributed by atoms with Crippen LogP contribution in [-0.4, -0.2) is 40.8 Å². The lowest BCUT2D eigenvalue weighted by Gasteiger charge is -2.32. The maximum atomic E-state index is 14.2. The van der Waals surface area contributed by atoms with Crippen molar-refractivity contribution in [3.05, 3.63) is 99.9 Å². The Balaban J connectivity index is 1.48. The van der Waals surface area contributed by atoms with E-state index in [0.717, 1.165) is 11.8 Å². The van der Waals surface area contributed by atoms with E-state index in [-0.39, 0.29) is 29.1 Å². The number of hydrogen-bond donors (Lipinski definition) is 1. The number of nitrogens with zero attached hydrogens (tertiary/aromatic N) is 2. The molecule has 3 aromatic carbocycles. The third-order valence-electron chi connectivity index (χ3n) is 5.61. The van der Waals surface area contributed by atoms with Crippen molar-refractivity contribution in [1.82, 2.24) is 10.2 Å². The molecule has 1 N–H and O–H groups in total. The molecule has 0 saturated carbocycles. The lowest BCUT2D eigenvalue weighted by atomic mass is 10.0. The van der Waals surface area contributed by atoms with Gasteiger partial charge in [0.2, 0.25) is 0 Å². The van der Waals surface area contributed by atoms with E-state index in [0.29, 0.717) is 41.3 Å². The van der Waals surface area contributed by atoms with Crippen molar-refractivity contribution in [3.63, 3.8) is 0 Å². The van der Waals surface area contributed by atoms with Gasteiger partial charge in [-0.15, -0.1) is 0 Å². The van der Waals surface area contributed by atoms with E-state index in [4.69, 9.17) is 0 Å². The summed E-state index contributed by atoms with van der Waals surface area (Å²) in [4.78, 5) is 38.9. The molecule has 0 unspecified atom stereocenters. The van der Waals surface area contributed by atoms with Gasteiger partial charge in [0.25, 0.3) is 17.5 Å². The van der Waals surface area contributed by atoms with E-state index < -0.39 is 10.7 Å². The van der Waals surface area contributed by atoms with Crippen LogP contribution in [0.5, 0.6) is 0 Å². The number of non-ortho nitro benzene ring substituents is 1. The number of carbonyl (C=O) groups is 2. The first-order valence-corrected chi connectivity index (χ1v) is 11.6. The summed E-state index contributed by atoms with van der Waals surface area (Å²) in [6.07, 6.45) is 1.13. The van der Waals surface area contributed by atoms with E-state index in [1.54, 1.807) is 47.4 Å².